The summed E-state index contributed by atoms with van der Waals surface area (Å²) in [7, 11) is 4.61. The Morgan fingerprint density at radius 3 is 2.26 bits per heavy atom. The van der Waals surface area contributed by atoms with Crippen LogP contribution in [0.5, 0.6) is 17.2 Å². The number of aryl methyl sites for hydroxylation is 2. The molecule has 0 radical (unpaired) electrons. The average Bonchev–Trinajstić information content (AvgIpc) is 3.17. The van der Waals surface area contributed by atoms with E-state index < -0.39 is 5.25 Å². The molecule has 1 heterocycles. The number of anilines is 1. The number of thioether (sulfide) groups is 1. The lowest BCUT2D eigenvalue weighted by Gasteiger charge is -2.13. The summed E-state index contributed by atoms with van der Waals surface area (Å²) in [6, 6.07) is 9.32. The molecule has 1 aliphatic rings. The molecule has 2 amide bonds. The molecule has 0 spiro atoms. The van der Waals surface area contributed by atoms with Crippen LogP contribution in [0.15, 0.2) is 40.5 Å². The highest BCUT2D eigenvalue weighted by molar-refractivity contribution is 8.15. The molecule has 3 rings (SSSR count). The Balaban J connectivity index is 1.70. The Bertz CT molecular complexity index is 1120. The number of nitrogens with zero attached hydrogens (tertiary/aromatic N) is 2. The van der Waals surface area contributed by atoms with Gasteiger partial charge in [0.2, 0.25) is 17.6 Å². The number of para-hydroxylation sites is 1. The van der Waals surface area contributed by atoms with Crippen LogP contribution in [0, 0.1) is 13.8 Å². The molecule has 1 fully saturated rings. The molecule has 180 valence electrons. The van der Waals surface area contributed by atoms with Crippen molar-refractivity contribution in [2.24, 2.45) is 10.2 Å². The number of amides is 2. The summed E-state index contributed by atoms with van der Waals surface area (Å²) in [6.45, 7) is 5.64. The molecule has 0 aliphatic carbocycles. The van der Waals surface area contributed by atoms with Crippen molar-refractivity contribution in [3.05, 3.63) is 47.0 Å². The summed E-state index contributed by atoms with van der Waals surface area (Å²) < 4.78 is 16.1. The van der Waals surface area contributed by atoms with Crippen LogP contribution in [0.1, 0.15) is 30.0 Å². The smallest absolute Gasteiger partial charge is 0.240 e. The van der Waals surface area contributed by atoms with Gasteiger partial charge in [-0.1, -0.05) is 30.0 Å². The van der Waals surface area contributed by atoms with E-state index in [0.29, 0.717) is 28.1 Å². The van der Waals surface area contributed by atoms with Gasteiger partial charge in [0.25, 0.3) is 0 Å². The number of hydrogen-bond acceptors (Lipinski definition) is 8. The van der Waals surface area contributed by atoms with Crippen molar-refractivity contribution in [3.63, 3.8) is 0 Å². The highest BCUT2D eigenvalue weighted by Crippen LogP contribution is 2.38. The minimum atomic E-state index is -0.584. The topological polar surface area (TPSA) is 111 Å². The predicted octanol–water partition coefficient (Wildman–Crippen LogP) is 3.67. The molecule has 1 saturated heterocycles. The molecule has 10 heteroatoms. The fourth-order valence-corrected chi connectivity index (χ4v) is 4.34. The maximum atomic E-state index is 12.5. The van der Waals surface area contributed by atoms with E-state index in [1.165, 1.54) is 33.1 Å². The Hall–Kier alpha value is -3.53. The van der Waals surface area contributed by atoms with Gasteiger partial charge in [0.1, 0.15) is 5.25 Å². The number of rotatable bonds is 8. The number of hydrogen-bond donors (Lipinski definition) is 2. The molecular weight excluding hydrogens is 456 g/mol. The summed E-state index contributed by atoms with van der Waals surface area (Å²) in [4.78, 5) is 24.9. The summed E-state index contributed by atoms with van der Waals surface area (Å²) in [5.41, 5.74) is 4.01. The van der Waals surface area contributed by atoms with Crippen LogP contribution >= 0.6 is 11.8 Å². The second-order valence-electron chi connectivity index (χ2n) is 7.62. The second kappa shape index (κ2) is 11.1. The van der Waals surface area contributed by atoms with Crippen LogP contribution in [0.3, 0.4) is 0 Å². The number of nitrogens with one attached hydrogen (secondary N) is 2. The molecule has 2 N–H and O–H groups in total. The Kier molecular flexibility index (Phi) is 8.17. The van der Waals surface area contributed by atoms with E-state index in [0.717, 1.165) is 22.4 Å². The normalized spacial score (nSPS) is 16.9. The van der Waals surface area contributed by atoms with Crippen molar-refractivity contribution in [3.8, 4) is 17.2 Å². The van der Waals surface area contributed by atoms with Gasteiger partial charge in [0, 0.05) is 17.7 Å². The molecule has 34 heavy (non-hydrogen) atoms. The average molecular weight is 485 g/mol. The van der Waals surface area contributed by atoms with Gasteiger partial charge in [0.05, 0.1) is 27.0 Å². The first-order chi connectivity index (χ1) is 16.3. The van der Waals surface area contributed by atoms with E-state index in [-0.39, 0.29) is 18.2 Å². The van der Waals surface area contributed by atoms with Gasteiger partial charge in [-0.2, -0.15) is 5.10 Å². The van der Waals surface area contributed by atoms with E-state index in [2.05, 4.69) is 20.8 Å². The zero-order valence-electron chi connectivity index (χ0n) is 20.0. The fourth-order valence-electron chi connectivity index (χ4n) is 3.43. The van der Waals surface area contributed by atoms with E-state index in [9.17, 15) is 9.59 Å². The van der Waals surface area contributed by atoms with Crippen molar-refractivity contribution in [2.45, 2.75) is 32.4 Å². The highest BCUT2D eigenvalue weighted by atomic mass is 32.2. The molecule has 2 aromatic carbocycles. The molecule has 0 unspecified atom stereocenters. The number of carbonyl (C=O) groups excluding carboxylic acids is 2. The van der Waals surface area contributed by atoms with E-state index in [1.807, 2.05) is 32.0 Å². The summed E-state index contributed by atoms with van der Waals surface area (Å²) in [5.74, 6) is 0.966. The van der Waals surface area contributed by atoms with Crippen molar-refractivity contribution in [1.82, 2.24) is 5.32 Å². The van der Waals surface area contributed by atoms with Gasteiger partial charge in [-0.3, -0.25) is 9.59 Å². The minimum Gasteiger partial charge on any atom is -0.493 e. The lowest BCUT2D eigenvalue weighted by Crippen LogP contribution is -2.28. The molecular formula is C24H28N4O5S. The zero-order valence-corrected chi connectivity index (χ0v) is 20.8. The van der Waals surface area contributed by atoms with Crippen LogP contribution in [-0.4, -0.2) is 49.3 Å². The number of benzene rings is 2. The molecule has 0 aromatic heterocycles. The fraction of sp³-hybridized carbons (Fsp3) is 0.333. The van der Waals surface area contributed by atoms with Crippen molar-refractivity contribution in [2.75, 3.05) is 26.6 Å². The molecule has 0 saturated carbocycles. The van der Waals surface area contributed by atoms with Crippen LogP contribution in [0.25, 0.3) is 0 Å². The number of ether oxygens (including phenoxy) is 3. The molecule has 1 atom stereocenters. The van der Waals surface area contributed by atoms with Crippen molar-refractivity contribution >= 4 is 40.1 Å². The molecule has 2 aromatic rings. The summed E-state index contributed by atoms with van der Waals surface area (Å²) in [5, 5.41) is 13.7. The van der Waals surface area contributed by atoms with E-state index in [1.54, 1.807) is 19.1 Å². The van der Waals surface area contributed by atoms with Crippen molar-refractivity contribution < 1.29 is 23.8 Å². The van der Waals surface area contributed by atoms with E-state index >= 15 is 0 Å². The summed E-state index contributed by atoms with van der Waals surface area (Å²) in [6.07, 6.45) is 0.0267. The van der Waals surface area contributed by atoms with Gasteiger partial charge >= 0.3 is 0 Å². The standard InChI is InChI=1S/C24H28N4O5S/c1-13-8-7-9-14(2)21(13)25-20(29)12-19-23(30)26-24(34-19)28-27-15(3)16-10-17(31-4)22(33-6)18(11-16)32-5/h7-11,19H,12H2,1-6H3,(H,25,29)(H,26,28,30)/b27-15-/t19-/m1/s1. The third-order valence-corrected chi connectivity index (χ3v) is 6.34. The Labute approximate surface area is 203 Å². The van der Waals surface area contributed by atoms with Gasteiger partial charge in [0.15, 0.2) is 16.7 Å². The summed E-state index contributed by atoms with van der Waals surface area (Å²) >= 11 is 1.18. The molecule has 1 aliphatic heterocycles. The number of carbonyl (C=O) groups is 2. The number of amidine groups is 1. The van der Waals surface area contributed by atoms with Crippen molar-refractivity contribution in [1.29, 1.82) is 0 Å². The molecule has 9 nitrogen and oxygen atoms in total. The van der Waals surface area contributed by atoms with Gasteiger partial charge in [-0.25, -0.2) is 0 Å². The first-order valence-corrected chi connectivity index (χ1v) is 11.4. The first kappa shape index (κ1) is 25.1. The predicted molar refractivity (Wildman–Crippen MR) is 134 cm³/mol. The lowest BCUT2D eigenvalue weighted by molar-refractivity contribution is -0.122. The number of methoxy groups -OCH3 is 3. The third-order valence-electron chi connectivity index (χ3n) is 5.27. The SMILES string of the molecule is COc1cc(/C(C)=N\N=C2\NC(=O)[C@@H](CC(=O)Nc3c(C)cccc3C)S2)cc(OC)c1OC. The third kappa shape index (κ3) is 5.69. The maximum Gasteiger partial charge on any atom is 0.240 e. The Morgan fingerprint density at radius 2 is 1.71 bits per heavy atom. The van der Waals surface area contributed by atoms with Crippen LogP contribution in [-0.2, 0) is 9.59 Å². The van der Waals surface area contributed by atoms with Crippen LogP contribution < -0.4 is 24.8 Å². The lowest BCUT2D eigenvalue weighted by atomic mass is 10.1. The Morgan fingerprint density at radius 1 is 1.09 bits per heavy atom. The minimum absolute atomic E-state index is 0.0267. The largest absolute Gasteiger partial charge is 0.493 e. The van der Waals surface area contributed by atoms with Gasteiger partial charge in [-0.05, 0) is 44.0 Å². The monoisotopic (exact) mass is 484 g/mol. The first-order valence-electron chi connectivity index (χ1n) is 10.5. The highest BCUT2D eigenvalue weighted by Gasteiger charge is 2.32. The quantitative estimate of drug-likeness (QED) is 0.437. The maximum absolute atomic E-state index is 12.5. The second-order valence-corrected chi connectivity index (χ2v) is 8.81. The van der Waals surface area contributed by atoms with Gasteiger partial charge < -0.3 is 24.8 Å². The van der Waals surface area contributed by atoms with Crippen LogP contribution in [0.2, 0.25) is 0 Å². The molecule has 0 bridgehead atoms. The van der Waals surface area contributed by atoms with E-state index in [4.69, 9.17) is 14.2 Å². The van der Waals surface area contributed by atoms with Crippen LogP contribution in [0.4, 0.5) is 5.69 Å². The van der Waals surface area contributed by atoms with Gasteiger partial charge in [-0.15, -0.1) is 5.10 Å². The zero-order chi connectivity index (χ0) is 24.8.